The Morgan fingerprint density at radius 2 is 2.05 bits per heavy atom. The van der Waals surface area contributed by atoms with Gasteiger partial charge in [0.1, 0.15) is 5.84 Å². The third-order valence-electron chi connectivity index (χ3n) is 2.62. The number of aliphatic imine (C=N–C) groups is 1. The van der Waals surface area contributed by atoms with Crippen LogP contribution in [-0.2, 0) is 14.8 Å². The quantitative estimate of drug-likeness (QED) is 0.830. The first-order valence-corrected chi connectivity index (χ1v) is 7.73. The number of nitrogens with one attached hydrogen (secondary N) is 1. The second-order valence-electron chi connectivity index (χ2n) is 4.80. The average Bonchev–Trinajstić information content (AvgIpc) is 2.61. The van der Waals surface area contributed by atoms with Gasteiger partial charge >= 0.3 is 0 Å². The summed E-state index contributed by atoms with van der Waals surface area (Å²) in [7, 11) is -3.43. The maximum absolute atomic E-state index is 11.8. The van der Waals surface area contributed by atoms with Crippen LogP contribution in [0, 0.1) is 5.92 Å². The van der Waals surface area contributed by atoms with Gasteiger partial charge in [-0.1, -0.05) is 26.0 Å². The highest BCUT2D eigenvalue weighted by Gasteiger charge is 2.29. The molecule has 104 valence electrons. The highest BCUT2D eigenvalue weighted by Crippen LogP contribution is 2.21. The first-order chi connectivity index (χ1) is 9.00. The Hall–Kier alpha value is -1.40. The zero-order valence-electron chi connectivity index (χ0n) is 11.1. The maximum atomic E-state index is 11.8. The van der Waals surface area contributed by atoms with E-state index in [0.29, 0.717) is 37.1 Å². The lowest BCUT2D eigenvalue weighted by atomic mass is 10.2. The average molecular weight is 282 g/mol. The Morgan fingerprint density at radius 1 is 1.32 bits per heavy atom. The third kappa shape index (κ3) is 3.33. The first kappa shape index (κ1) is 14.0. The summed E-state index contributed by atoms with van der Waals surface area (Å²) in [5.41, 5.74) is 0.631. The summed E-state index contributed by atoms with van der Waals surface area (Å²) < 4.78 is 31.5. The summed E-state index contributed by atoms with van der Waals surface area (Å²) >= 11 is 0. The molecule has 1 aliphatic heterocycles. The molecule has 1 aromatic rings. The number of rotatable bonds is 5. The molecular weight excluding hydrogens is 264 g/mol. The molecule has 0 spiro atoms. The van der Waals surface area contributed by atoms with Crippen LogP contribution in [0.5, 0.6) is 0 Å². The van der Waals surface area contributed by atoms with Crippen molar-refractivity contribution in [3.8, 4) is 0 Å². The fourth-order valence-corrected chi connectivity index (χ4v) is 3.04. The molecule has 1 aliphatic rings. The number of ether oxygens (including phenoxy) is 1. The zero-order chi connectivity index (χ0) is 13.9. The fraction of sp³-hybridized carbons (Fsp3) is 0.462. The van der Waals surface area contributed by atoms with Crippen molar-refractivity contribution < 1.29 is 13.2 Å². The molecule has 1 N–H and O–H groups in total. The normalized spacial score (nSPS) is 18.6. The van der Waals surface area contributed by atoms with Gasteiger partial charge < -0.3 is 4.74 Å². The van der Waals surface area contributed by atoms with E-state index in [4.69, 9.17) is 4.74 Å². The van der Waals surface area contributed by atoms with Crippen LogP contribution in [0.3, 0.4) is 0 Å². The molecule has 0 atom stereocenters. The smallest absolute Gasteiger partial charge is 0.263 e. The Balaban J connectivity index is 2.03. The van der Waals surface area contributed by atoms with E-state index in [0.717, 1.165) is 0 Å². The molecule has 0 aromatic heterocycles. The molecule has 0 amide bonds. The highest BCUT2D eigenvalue weighted by atomic mass is 32.2. The molecule has 1 aromatic carbocycles. The van der Waals surface area contributed by atoms with E-state index in [-0.39, 0.29) is 4.90 Å². The van der Waals surface area contributed by atoms with Gasteiger partial charge in [-0.05, 0) is 18.1 Å². The zero-order valence-corrected chi connectivity index (χ0v) is 11.9. The van der Waals surface area contributed by atoms with Crippen LogP contribution < -0.4 is 4.72 Å². The third-order valence-corrected chi connectivity index (χ3v) is 4.02. The number of fused-ring (bicyclic) bond motifs is 1. The van der Waals surface area contributed by atoms with Crippen molar-refractivity contribution in [2.75, 3.05) is 19.8 Å². The van der Waals surface area contributed by atoms with E-state index in [1.54, 1.807) is 24.3 Å². The predicted octanol–water partition coefficient (Wildman–Crippen LogP) is 1.40. The standard InChI is InChI=1S/C13H18N2O3S/c1-10(2)9-18-8-7-14-13-11-5-3-4-6-12(11)19(16,17)15-13/h3-6,10H,7-9H2,1-2H3,(H,14,15). The molecule has 6 heteroatoms. The second-order valence-corrected chi connectivity index (χ2v) is 6.45. The van der Waals surface area contributed by atoms with Crippen LogP contribution in [0.4, 0.5) is 0 Å². The van der Waals surface area contributed by atoms with Crippen LogP contribution in [0.25, 0.3) is 0 Å². The summed E-state index contributed by atoms with van der Waals surface area (Å²) in [5.74, 6) is 0.891. The SMILES string of the molecule is CC(C)COCCN=C1NS(=O)(=O)c2ccccc21. The van der Waals surface area contributed by atoms with Crippen molar-refractivity contribution in [1.29, 1.82) is 0 Å². The summed E-state index contributed by atoms with van der Waals surface area (Å²) in [4.78, 5) is 4.55. The van der Waals surface area contributed by atoms with E-state index < -0.39 is 10.0 Å². The molecular formula is C13H18N2O3S. The molecule has 19 heavy (non-hydrogen) atoms. The first-order valence-electron chi connectivity index (χ1n) is 6.25. The largest absolute Gasteiger partial charge is 0.379 e. The van der Waals surface area contributed by atoms with Crippen molar-refractivity contribution in [3.05, 3.63) is 29.8 Å². The van der Waals surface area contributed by atoms with E-state index in [2.05, 4.69) is 23.6 Å². The number of hydrogen-bond donors (Lipinski definition) is 1. The second kappa shape index (κ2) is 5.71. The molecule has 0 bridgehead atoms. The van der Waals surface area contributed by atoms with Gasteiger partial charge in [0, 0.05) is 12.2 Å². The van der Waals surface area contributed by atoms with Crippen LogP contribution in [0.2, 0.25) is 0 Å². The van der Waals surface area contributed by atoms with Crippen molar-refractivity contribution in [2.45, 2.75) is 18.7 Å². The molecule has 0 saturated heterocycles. The van der Waals surface area contributed by atoms with Gasteiger partial charge in [0.25, 0.3) is 10.0 Å². The van der Waals surface area contributed by atoms with Gasteiger partial charge in [-0.25, -0.2) is 8.42 Å². The molecule has 0 fully saturated rings. The van der Waals surface area contributed by atoms with Crippen molar-refractivity contribution in [3.63, 3.8) is 0 Å². The number of sulfonamides is 1. The van der Waals surface area contributed by atoms with E-state index in [9.17, 15) is 8.42 Å². The summed E-state index contributed by atoms with van der Waals surface area (Å²) in [6, 6.07) is 6.83. The van der Waals surface area contributed by atoms with Gasteiger partial charge in [-0.15, -0.1) is 0 Å². The van der Waals surface area contributed by atoms with Crippen LogP contribution in [-0.4, -0.2) is 34.0 Å². The Kier molecular flexibility index (Phi) is 4.21. The monoisotopic (exact) mass is 282 g/mol. The fourth-order valence-electron chi connectivity index (χ4n) is 1.79. The lowest BCUT2D eigenvalue weighted by Gasteiger charge is -2.05. The van der Waals surface area contributed by atoms with E-state index >= 15 is 0 Å². The number of benzene rings is 1. The number of nitrogens with zero attached hydrogens (tertiary/aromatic N) is 1. The molecule has 0 aliphatic carbocycles. The van der Waals surface area contributed by atoms with Gasteiger partial charge in [-0.3, -0.25) is 9.71 Å². The van der Waals surface area contributed by atoms with Crippen molar-refractivity contribution in [1.82, 2.24) is 4.72 Å². The maximum Gasteiger partial charge on any atom is 0.263 e. The summed E-state index contributed by atoms with van der Waals surface area (Å²) in [5, 5.41) is 0. The van der Waals surface area contributed by atoms with Gasteiger partial charge in [-0.2, -0.15) is 0 Å². The summed E-state index contributed by atoms with van der Waals surface area (Å²) in [6.07, 6.45) is 0. The lowest BCUT2D eigenvalue weighted by Crippen LogP contribution is -2.22. The Morgan fingerprint density at radius 3 is 2.79 bits per heavy atom. The van der Waals surface area contributed by atoms with Crippen LogP contribution in [0.1, 0.15) is 19.4 Å². The van der Waals surface area contributed by atoms with Crippen LogP contribution >= 0.6 is 0 Å². The highest BCUT2D eigenvalue weighted by molar-refractivity contribution is 7.90. The molecule has 0 saturated carbocycles. The number of hydrogen-bond acceptors (Lipinski definition) is 4. The molecule has 1 heterocycles. The van der Waals surface area contributed by atoms with E-state index in [1.165, 1.54) is 0 Å². The minimum absolute atomic E-state index is 0.289. The molecule has 2 rings (SSSR count). The lowest BCUT2D eigenvalue weighted by molar-refractivity contribution is 0.117. The predicted molar refractivity (Wildman–Crippen MR) is 73.8 cm³/mol. The molecule has 5 nitrogen and oxygen atoms in total. The van der Waals surface area contributed by atoms with Crippen molar-refractivity contribution >= 4 is 15.9 Å². The minimum Gasteiger partial charge on any atom is -0.379 e. The Labute approximate surface area is 113 Å². The van der Waals surface area contributed by atoms with Crippen LogP contribution in [0.15, 0.2) is 34.2 Å². The van der Waals surface area contributed by atoms with E-state index in [1.807, 2.05) is 0 Å². The minimum atomic E-state index is -3.43. The Bertz CT molecular complexity index is 579. The van der Waals surface area contributed by atoms with Gasteiger partial charge in [0.2, 0.25) is 0 Å². The van der Waals surface area contributed by atoms with Gasteiger partial charge in [0.05, 0.1) is 18.0 Å². The molecule has 0 unspecified atom stereocenters. The number of amidine groups is 1. The summed E-state index contributed by atoms with van der Waals surface area (Å²) in [6.45, 7) is 5.78. The van der Waals surface area contributed by atoms with Gasteiger partial charge in [0.15, 0.2) is 0 Å². The van der Waals surface area contributed by atoms with Crippen molar-refractivity contribution in [2.24, 2.45) is 10.9 Å². The topological polar surface area (TPSA) is 67.8 Å². The molecule has 0 radical (unpaired) electrons.